The van der Waals surface area contributed by atoms with Crippen molar-refractivity contribution in [2.75, 3.05) is 26.3 Å². The van der Waals surface area contributed by atoms with Gasteiger partial charge in [0.1, 0.15) is 0 Å². The maximum absolute atomic E-state index is 7.75. The van der Waals surface area contributed by atoms with E-state index in [4.69, 9.17) is 21.7 Å². The van der Waals surface area contributed by atoms with Gasteiger partial charge in [-0.3, -0.25) is 0 Å². The quantitative estimate of drug-likeness (QED) is 0.386. The highest BCUT2D eigenvalue weighted by molar-refractivity contribution is 5.85. The lowest BCUT2D eigenvalue weighted by molar-refractivity contribution is 0.306. The molecule has 6 N–H and O–H groups in total. The van der Waals surface area contributed by atoms with E-state index in [-0.39, 0.29) is 25.6 Å². The number of nitrogens with two attached hydrogens (primary N) is 2. The van der Waals surface area contributed by atoms with Crippen LogP contribution in [0.15, 0.2) is 0 Å². The molecule has 0 fully saturated rings. The number of halogens is 1. The molecule has 4 nitrogen and oxygen atoms in total. The van der Waals surface area contributed by atoms with E-state index in [9.17, 15) is 0 Å². The van der Waals surface area contributed by atoms with Gasteiger partial charge in [-0.25, -0.2) is 0 Å². The lowest BCUT2D eigenvalue weighted by atomic mass is 10.8. The molecule has 0 spiro atoms. The van der Waals surface area contributed by atoms with Crippen LogP contribution in [0, 0.1) is 0 Å². The first-order valence-electron chi connectivity index (χ1n) is 2.45. The van der Waals surface area contributed by atoms with Crippen LogP contribution < -0.4 is 11.5 Å². The first kappa shape index (κ1) is 16.1. The molecule has 0 amide bonds. The van der Waals surface area contributed by atoms with E-state index in [0.717, 1.165) is 0 Å². The van der Waals surface area contributed by atoms with Crippen LogP contribution >= 0.6 is 12.4 Å². The fourth-order valence-corrected chi connectivity index (χ4v) is 0. The summed E-state index contributed by atoms with van der Waals surface area (Å²) < 4.78 is 0. The zero-order valence-corrected chi connectivity index (χ0v) is 6.10. The van der Waals surface area contributed by atoms with Crippen molar-refractivity contribution >= 4 is 12.4 Å². The molecule has 0 aromatic carbocycles. The first-order chi connectivity index (χ1) is 3.83. The molecule has 5 heteroatoms. The minimum atomic E-state index is 0. The van der Waals surface area contributed by atoms with Gasteiger partial charge in [0.05, 0.1) is 13.2 Å². The fourth-order valence-electron chi connectivity index (χ4n) is 0. The average Bonchev–Trinajstić information content (AvgIpc) is 1.88. The fraction of sp³-hybridized carbons (Fsp3) is 1.00. The van der Waals surface area contributed by atoms with Gasteiger partial charge in [0.25, 0.3) is 0 Å². The molecule has 0 atom stereocenters. The van der Waals surface area contributed by atoms with Gasteiger partial charge in [0.15, 0.2) is 0 Å². The molecule has 0 aliphatic carbocycles. The van der Waals surface area contributed by atoms with Crippen LogP contribution in [0.5, 0.6) is 0 Å². The molecular formula is C4H15ClN2O2. The second-order valence-corrected chi connectivity index (χ2v) is 1.02. The number of hydrogen-bond donors (Lipinski definition) is 4. The Balaban J connectivity index is -0.0000000720. The SMILES string of the molecule is Cl.NCCO.NCCO. The molecule has 0 saturated carbocycles. The van der Waals surface area contributed by atoms with E-state index in [1.54, 1.807) is 0 Å². The maximum Gasteiger partial charge on any atom is 0.0553 e. The summed E-state index contributed by atoms with van der Waals surface area (Å²) in [6.07, 6.45) is 0. The van der Waals surface area contributed by atoms with Gasteiger partial charge in [0.2, 0.25) is 0 Å². The molecule has 0 rings (SSSR count). The Labute approximate surface area is 61.3 Å². The standard InChI is InChI=1S/2C2H7NO.ClH/c2*3-1-2-4;/h2*4H,1-3H2;1H. The third-order valence-corrected chi connectivity index (χ3v) is 0.258. The third-order valence-electron chi connectivity index (χ3n) is 0.258. The third kappa shape index (κ3) is 67.3. The Morgan fingerprint density at radius 1 is 0.889 bits per heavy atom. The maximum atomic E-state index is 7.75. The Morgan fingerprint density at radius 2 is 1.00 bits per heavy atom. The van der Waals surface area contributed by atoms with Crippen molar-refractivity contribution in [3.8, 4) is 0 Å². The highest BCUT2D eigenvalue weighted by Gasteiger charge is 1.56. The monoisotopic (exact) mass is 158 g/mol. The largest absolute Gasteiger partial charge is 0.395 e. The summed E-state index contributed by atoms with van der Waals surface area (Å²) >= 11 is 0. The van der Waals surface area contributed by atoms with Gasteiger partial charge in [-0.05, 0) is 0 Å². The van der Waals surface area contributed by atoms with Crippen LogP contribution in [0.2, 0.25) is 0 Å². The topological polar surface area (TPSA) is 92.5 Å². The van der Waals surface area contributed by atoms with Gasteiger partial charge in [-0.15, -0.1) is 12.4 Å². The first-order valence-corrected chi connectivity index (χ1v) is 2.45. The van der Waals surface area contributed by atoms with Crippen LogP contribution in [-0.4, -0.2) is 36.5 Å². The molecule has 0 aromatic rings. The van der Waals surface area contributed by atoms with Crippen molar-refractivity contribution in [1.29, 1.82) is 0 Å². The summed E-state index contributed by atoms with van der Waals surface area (Å²) in [6, 6.07) is 0. The van der Waals surface area contributed by atoms with Crippen molar-refractivity contribution in [2.45, 2.75) is 0 Å². The summed E-state index contributed by atoms with van der Waals surface area (Å²) in [5, 5.41) is 15.5. The molecule has 0 bridgehead atoms. The summed E-state index contributed by atoms with van der Waals surface area (Å²) in [7, 11) is 0. The van der Waals surface area contributed by atoms with E-state index in [0.29, 0.717) is 13.1 Å². The van der Waals surface area contributed by atoms with Gasteiger partial charge >= 0.3 is 0 Å². The summed E-state index contributed by atoms with van der Waals surface area (Å²) in [5.74, 6) is 0. The molecule has 0 aliphatic heterocycles. The molecule has 0 radical (unpaired) electrons. The van der Waals surface area contributed by atoms with Crippen molar-refractivity contribution in [1.82, 2.24) is 0 Å². The van der Waals surface area contributed by atoms with Crippen LogP contribution in [0.1, 0.15) is 0 Å². The molecule has 0 heterocycles. The number of hydrogen-bond acceptors (Lipinski definition) is 4. The van der Waals surface area contributed by atoms with E-state index in [1.165, 1.54) is 0 Å². The van der Waals surface area contributed by atoms with E-state index in [2.05, 4.69) is 0 Å². The van der Waals surface area contributed by atoms with Crippen LogP contribution in [-0.2, 0) is 0 Å². The Kier molecular flexibility index (Phi) is 43.2. The molecule has 0 unspecified atom stereocenters. The minimum absolute atomic E-state index is 0. The lowest BCUT2D eigenvalue weighted by Gasteiger charge is -1.71. The highest BCUT2D eigenvalue weighted by Crippen LogP contribution is 1.33. The molecule has 0 aliphatic rings. The molecule has 0 saturated heterocycles. The van der Waals surface area contributed by atoms with Gasteiger partial charge in [-0.2, -0.15) is 0 Å². The van der Waals surface area contributed by atoms with E-state index >= 15 is 0 Å². The van der Waals surface area contributed by atoms with Crippen molar-refractivity contribution in [3.63, 3.8) is 0 Å². The summed E-state index contributed by atoms with van der Waals surface area (Å²) in [4.78, 5) is 0. The Hall–Kier alpha value is 0.130. The normalized spacial score (nSPS) is 6.67. The Bertz CT molecular complexity index is 24.5. The lowest BCUT2D eigenvalue weighted by Crippen LogP contribution is -2.02. The average molecular weight is 159 g/mol. The zero-order valence-electron chi connectivity index (χ0n) is 5.29. The smallest absolute Gasteiger partial charge is 0.0553 e. The van der Waals surface area contributed by atoms with Crippen molar-refractivity contribution in [2.24, 2.45) is 11.5 Å². The molecular weight excluding hydrogens is 144 g/mol. The number of aliphatic hydroxyl groups excluding tert-OH is 2. The van der Waals surface area contributed by atoms with E-state index < -0.39 is 0 Å². The van der Waals surface area contributed by atoms with Gasteiger partial charge in [0, 0.05) is 13.1 Å². The van der Waals surface area contributed by atoms with E-state index in [1.807, 2.05) is 0 Å². The van der Waals surface area contributed by atoms with Gasteiger partial charge < -0.3 is 21.7 Å². The van der Waals surface area contributed by atoms with Crippen LogP contribution in [0.4, 0.5) is 0 Å². The van der Waals surface area contributed by atoms with Crippen LogP contribution in [0.25, 0.3) is 0 Å². The number of aliphatic hydroxyl groups is 2. The van der Waals surface area contributed by atoms with Gasteiger partial charge in [-0.1, -0.05) is 0 Å². The second kappa shape index (κ2) is 24.2. The highest BCUT2D eigenvalue weighted by atomic mass is 35.5. The summed E-state index contributed by atoms with van der Waals surface area (Å²) in [6.45, 7) is 0.944. The van der Waals surface area contributed by atoms with Crippen molar-refractivity contribution < 1.29 is 10.2 Å². The molecule has 0 aromatic heterocycles. The van der Waals surface area contributed by atoms with Crippen LogP contribution in [0.3, 0.4) is 0 Å². The molecule has 60 valence electrons. The molecule has 9 heavy (non-hydrogen) atoms. The predicted octanol–water partition coefficient (Wildman–Crippen LogP) is -1.70. The predicted molar refractivity (Wildman–Crippen MR) is 39.5 cm³/mol. The van der Waals surface area contributed by atoms with Crippen molar-refractivity contribution in [3.05, 3.63) is 0 Å². The zero-order chi connectivity index (χ0) is 6.83. The Morgan fingerprint density at radius 3 is 1.00 bits per heavy atom. The number of rotatable bonds is 2. The second-order valence-electron chi connectivity index (χ2n) is 1.02. The summed E-state index contributed by atoms with van der Waals surface area (Å²) in [5.41, 5.74) is 9.56. The minimum Gasteiger partial charge on any atom is -0.395 e.